The summed E-state index contributed by atoms with van der Waals surface area (Å²) in [5.41, 5.74) is 4.90. The highest BCUT2D eigenvalue weighted by Crippen LogP contribution is 2.22. The van der Waals surface area contributed by atoms with Crippen molar-refractivity contribution in [1.29, 1.82) is 0 Å². The van der Waals surface area contributed by atoms with Crippen LogP contribution < -0.4 is 0 Å². The number of benzene rings is 1. The standard InChI is InChI=1S/C22H36N2O/c1-4-5-6-7-8-9-10-11-12-14-24-21-17-19(3)18(2)16-20(21)23-22(24)13-15-25/h16-17,25H,4-15H2,1-3H3. The maximum Gasteiger partial charge on any atom is 0.112 e. The molecule has 140 valence electrons. The quantitative estimate of drug-likeness (QED) is 0.500. The summed E-state index contributed by atoms with van der Waals surface area (Å²) in [7, 11) is 0. The van der Waals surface area contributed by atoms with Crippen LogP contribution in [0.4, 0.5) is 0 Å². The number of imidazole rings is 1. The second-order valence-corrected chi connectivity index (χ2v) is 7.41. The minimum Gasteiger partial charge on any atom is -0.396 e. The largest absolute Gasteiger partial charge is 0.396 e. The van der Waals surface area contributed by atoms with E-state index < -0.39 is 0 Å². The molecule has 0 saturated heterocycles. The fourth-order valence-corrected chi connectivity index (χ4v) is 3.55. The van der Waals surface area contributed by atoms with Crippen LogP contribution in [0.15, 0.2) is 12.1 Å². The van der Waals surface area contributed by atoms with E-state index in [9.17, 15) is 5.11 Å². The van der Waals surface area contributed by atoms with Gasteiger partial charge >= 0.3 is 0 Å². The Morgan fingerprint density at radius 3 is 2.12 bits per heavy atom. The minimum atomic E-state index is 0.166. The molecule has 1 N–H and O–H groups in total. The van der Waals surface area contributed by atoms with Gasteiger partial charge in [-0.1, -0.05) is 58.3 Å². The van der Waals surface area contributed by atoms with E-state index in [-0.39, 0.29) is 6.61 Å². The van der Waals surface area contributed by atoms with Gasteiger partial charge in [-0.15, -0.1) is 0 Å². The predicted octanol–water partition coefficient (Wildman–Crippen LogP) is 5.72. The van der Waals surface area contributed by atoms with Crippen molar-refractivity contribution < 1.29 is 5.11 Å². The zero-order valence-corrected chi connectivity index (χ0v) is 16.5. The number of unbranched alkanes of at least 4 members (excludes halogenated alkanes) is 8. The van der Waals surface area contributed by atoms with Crippen LogP contribution in [0.2, 0.25) is 0 Å². The zero-order valence-electron chi connectivity index (χ0n) is 16.5. The van der Waals surface area contributed by atoms with Crippen LogP contribution in [-0.4, -0.2) is 21.3 Å². The number of fused-ring (bicyclic) bond motifs is 1. The summed E-state index contributed by atoms with van der Waals surface area (Å²) < 4.78 is 2.33. The van der Waals surface area contributed by atoms with Crippen molar-refractivity contribution >= 4 is 11.0 Å². The number of rotatable bonds is 12. The Kier molecular flexibility index (Phi) is 8.47. The Morgan fingerprint density at radius 2 is 1.48 bits per heavy atom. The van der Waals surface area contributed by atoms with Gasteiger partial charge in [-0.25, -0.2) is 4.98 Å². The molecule has 3 nitrogen and oxygen atoms in total. The molecule has 1 heterocycles. The van der Waals surface area contributed by atoms with Crippen LogP contribution in [0.3, 0.4) is 0 Å². The van der Waals surface area contributed by atoms with Gasteiger partial charge in [-0.3, -0.25) is 0 Å². The molecule has 0 fully saturated rings. The highest BCUT2D eigenvalue weighted by Gasteiger charge is 2.11. The molecule has 25 heavy (non-hydrogen) atoms. The molecule has 2 aromatic rings. The molecular weight excluding hydrogens is 308 g/mol. The first-order valence-corrected chi connectivity index (χ1v) is 10.2. The first-order valence-electron chi connectivity index (χ1n) is 10.2. The van der Waals surface area contributed by atoms with Crippen molar-refractivity contribution in [2.45, 2.75) is 91.5 Å². The number of aliphatic hydroxyl groups excluding tert-OH is 1. The lowest BCUT2D eigenvalue weighted by atomic mass is 10.1. The summed E-state index contributed by atoms with van der Waals surface area (Å²) in [5.74, 6) is 1.03. The summed E-state index contributed by atoms with van der Waals surface area (Å²) >= 11 is 0. The van der Waals surface area contributed by atoms with Crippen molar-refractivity contribution in [3.05, 3.63) is 29.1 Å². The first-order chi connectivity index (χ1) is 12.2. The van der Waals surface area contributed by atoms with E-state index in [0.717, 1.165) is 17.9 Å². The third-order valence-corrected chi connectivity index (χ3v) is 5.26. The van der Waals surface area contributed by atoms with E-state index in [0.29, 0.717) is 6.42 Å². The smallest absolute Gasteiger partial charge is 0.112 e. The average Bonchev–Trinajstić information content (AvgIpc) is 2.91. The van der Waals surface area contributed by atoms with Gasteiger partial charge in [0.2, 0.25) is 0 Å². The summed E-state index contributed by atoms with van der Waals surface area (Å²) in [4.78, 5) is 4.76. The number of nitrogens with zero attached hydrogens (tertiary/aromatic N) is 2. The number of hydrogen-bond donors (Lipinski definition) is 1. The summed E-state index contributed by atoms with van der Waals surface area (Å²) in [6.07, 6.45) is 12.8. The van der Waals surface area contributed by atoms with Crippen LogP contribution in [0.25, 0.3) is 11.0 Å². The monoisotopic (exact) mass is 344 g/mol. The van der Waals surface area contributed by atoms with Gasteiger partial charge in [-0.05, 0) is 43.5 Å². The lowest BCUT2D eigenvalue weighted by Crippen LogP contribution is -2.06. The SMILES string of the molecule is CCCCCCCCCCCn1c(CCO)nc2cc(C)c(C)cc21. The first kappa shape index (κ1) is 20.0. The molecule has 0 atom stereocenters. The van der Waals surface area contributed by atoms with Crippen molar-refractivity contribution in [2.75, 3.05) is 6.61 Å². The number of hydrogen-bond acceptors (Lipinski definition) is 2. The van der Waals surface area contributed by atoms with Crippen LogP contribution in [0.1, 0.15) is 81.7 Å². The molecule has 0 bridgehead atoms. The highest BCUT2D eigenvalue weighted by molar-refractivity contribution is 5.78. The molecular formula is C22H36N2O. The number of aromatic nitrogens is 2. The summed E-state index contributed by atoms with van der Waals surface area (Å²) in [5, 5.41) is 9.36. The average molecular weight is 345 g/mol. The molecule has 0 aliphatic heterocycles. The fraction of sp³-hybridized carbons (Fsp3) is 0.682. The van der Waals surface area contributed by atoms with Gasteiger partial charge in [-0.2, -0.15) is 0 Å². The molecule has 3 heteroatoms. The van der Waals surface area contributed by atoms with Gasteiger partial charge in [0.1, 0.15) is 5.82 Å². The van der Waals surface area contributed by atoms with E-state index in [1.54, 1.807) is 0 Å². The minimum absolute atomic E-state index is 0.166. The van der Waals surface area contributed by atoms with Crippen molar-refractivity contribution in [3.8, 4) is 0 Å². The van der Waals surface area contributed by atoms with Crippen molar-refractivity contribution in [3.63, 3.8) is 0 Å². The molecule has 0 spiro atoms. The zero-order chi connectivity index (χ0) is 18.1. The van der Waals surface area contributed by atoms with E-state index >= 15 is 0 Å². The third kappa shape index (κ3) is 5.85. The second kappa shape index (κ2) is 10.6. The maximum atomic E-state index is 9.36. The van der Waals surface area contributed by atoms with Crippen molar-refractivity contribution in [1.82, 2.24) is 9.55 Å². The van der Waals surface area contributed by atoms with E-state index in [1.807, 2.05) is 0 Å². The molecule has 0 aliphatic rings. The third-order valence-electron chi connectivity index (χ3n) is 5.26. The van der Waals surface area contributed by atoms with Crippen LogP contribution in [-0.2, 0) is 13.0 Å². The number of aryl methyl sites for hydroxylation is 3. The maximum absolute atomic E-state index is 9.36. The lowest BCUT2D eigenvalue weighted by molar-refractivity contribution is 0.294. The Hall–Kier alpha value is -1.35. The van der Waals surface area contributed by atoms with E-state index in [4.69, 9.17) is 4.98 Å². The van der Waals surface area contributed by atoms with Gasteiger partial charge in [0, 0.05) is 13.0 Å². The molecule has 1 aromatic carbocycles. The van der Waals surface area contributed by atoms with Gasteiger partial charge in [0.15, 0.2) is 0 Å². The van der Waals surface area contributed by atoms with Crippen LogP contribution in [0, 0.1) is 13.8 Å². The summed E-state index contributed by atoms with van der Waals surface area (Å²) in [6, 6.07) is 4.44. The van der Waals surface area contributed by atoms with Gasteiger partial charge in [0.05, 0.1) is 17.6 Å². The highest BCUT2D eigenvalue weighted by atomic mass is 16.3. The summed E-state index contributed by atoms with van der Waals surface area (Å²) in [6.45, 7) is 7.76. The number of aliphatic hydroxyl groups is 1. The molecule has 0 saturated carbocycles. The normalized spacial score (nSPS) is 11.5. The second-order valence-electron chi connectivity index (χ2n) is 7.41. The molecule has 1 aromatic heterocycles. The molecule has 0 aliphatic carbocycles. The molecule has 0 amide bonds. The van der Waals surface area contributed by atoms with Crippen LogP contribution >= 0.6 is 0 Å². The molecule has 0 unspecified atom stereocenters. The molecule has 2 rings (SSSR count). The molecule has 0 radical (unpaired) electrons. The van der Waals surface area contributed by atoms with E-state index in [2.05, 4.69) is 37.5 Å². The van der Waals surface area contributed by atoms with Crippen LogP contribution in [0.5, 0.6) is 0 Å². The Labute approximate surface area is 153 Å². The fourth-order valence-electron chi connectivity index (χ4n) is 3.55. The van der Waals surface area contributed by atoms with Crippen molar-refractivity contribution in [2.24, 2.45) is 0 Å². The Bertz CT molecular complexity index is 645. The Balaban J connectivity index is 1.87. The topological polar surface area (TPSA) is 38.0 Å². The van der Waals surface area contributed by atoms with Gasteiger partial charge < -0.3 is 9.67 Å². The Morgan fingerprint density at radius 1 is 0.880 bits per heavy atom. The lowest BCUT2D eigenvalue weighted by Gasteiger charge is -2.09. The van der Waals surface area contributed by atoms with Gasteiger partial charge in [0.25, 0.3) is 0 Å². The predicted molar refractivity (Wildman–Crippen MR) is 107 cm³/mol. The van der Waals surface area contributed by atoms with E-state index in [1.165, 1.54) is 74.4 Å².